The average molecular weight is 337 g/mol. The van der Waals surface area contributed by atoms with Gasteiger partial charge in [-0.2, -0.15) is 0 Å². The SMILES string of the molecule is N=C(N)c1c(C(N)=O)cc2cccc3c4cccc5cccc(c1c23)c54. The number of carbonyl (C=O) groups is 1. The smallest absolute Gasteiger partial charge is 0.249 e. The van der Waals surface area contributed by atoms with E-state index in [2.05, 4.69) is 30.3 Å². The van der Waals surface area contributed by atoms with Crippen LogP contribution in [0.3, 0.4) is 0 Å². The molecule has 5 N–H and O–H groups in total. The van der Waals surface area contributed by atoms with Gasteiger partial charge < -0.3 is 11.5 Å². The average Bonchev–Trinajstić information content (AvgIpc) is 2.64. The highest BCUT2D eigenvalue weighted by molar-refractivity contribution is 6.37. The van der Waals surface area contributed by atoms with E-state index in [-0.39, 0.29) is 11.4 Å². The first-order valence-electron chi connectivity index (χ1n) is 8.34. The maximum atomic E-state index is 12.1. The zero-order chi connectivity index (χ0) is 18.0. The first-order valence-corrected chi connectivity index (χ1v) is 8.34. The number of amidine groups is 1. The summed E-state index contributed by atoms with van der Waals surface area (Å²) in [6.07, 6.45) is 0. The zero-order valence-corrected chi connectivity index (χ0v) is 13.8. The molecule has 124 valence electrons. The van der Waals surface area contributed by atoms with Gasteiger partial charge in [0.2, 0.25) is 5.91 Å². The van der Waals surface area contributed by atoms with Gasteiger partial charge in [-0.05, 0) is 43.8 Å². The number of nitrogen functional groups attached to an aromatic ring is 1. The molecule has 0 unspecified atom stereocenters. The number of primary amides is 1. The fourth-order valence-electron chi connectivity index (χ4n) is 4.20. The molecule has 0 atom stereocenters. The number of amides is 1. The van der Waals surface area contributed by atoms with Crippen molar-refractivity contribution in [1.82, 2.24) is 0 Å². The van der Waals surface area contributed by atoms with Crippen LogP contribution in [-0.4, -0.2) is 11.7 Å². The second-order valence-electron chi connectivity index (χ2n) is 6.56. The lowest BCUT2D eigenvalue weighted by Gasteiger charge is -2.18. The fourth-order valence-corrected chi connectivity index (χ4v) is 4.20. The molecule has 1 amide bonds. The molecule has 0 aliphatic heterocycles. The van der Waals surface area contributed by atoms with Gasteiger partial charge in [-0.25, -0.2) is 0 Å². The van der Waals surface area contributed by atoms with Crippen molar-refractivity contribution in [3.63, 3.8) is 0 Å². The topological polar surface area (TPSA) is 93.0 Å². The van der Waals surface area contributed by atoms with Gasteiger partial charge in [-0.1, -0.05) is 54.6 Å². The van der Waals surface area contributed by atoms with E-state index in [1.54, 1.807) is 6.07 Å². The van der Waals surface area contributed by atoms with Gasteiger partial charge in [0, 0.05) is 10.9 Å². The van der Waals surface area contributed by atoms with E-state index in [1.165, 1.54) is 0 Å². The standard InChI is InChI=1S/C22H15N3O/c23-21(24)20-16(22(25)26)10-12-6-3-8-14-13-7-1-4-11-5-2-9-15(17(11)13)19(20)18(12)14/h1-10H,(H3,23,24)(H2,25,26). The van der Waals surface area contributed by atoms with Gasteiger partial charge in [0.15, 0.2) is 0 Å². The minimum Gasteiger partial charge on any atom is -0.384 e. The lowest BCUT2D eigenvalue weighted by molar-refractivity contribution is 0.100. The summed E-state index contributed by atoms with van der Waals surface area (Å²) in [4.78, 5) is 12.1. The molecule has 0 radical (unpaired) electrons. The number of nitrogens with one attached hydrogen (secondary N) is 1. The molecule has 0 aromatic heterocycles. The van der Waals surface area contributed by atoms with E-state index in [0.717, 1.165) is 43.1 Å². The van der Waals surface area contributed by atoms with Crippen LogP contribution in [-0.2, 0) is 0 Å². The molecule has 0 aliphatic rings. The molecular weight excluding hydrogens is 322 g/mol. The first-order chi connectivity index (χ1) is 12.6. The molecular formula is C22H15N3O. The van der Waals surface area contributed by atoms with E-state index < -0.39 is 5.91 Å². The Morgan fingerprint density at radius 2 is 1.31 bits per heavy atom. The highest BCUT2D eigenvalue weighted by Gasteiger charge is 2.21. The Labute approximate surface area is 148 Å². The van der Waals surface area contributed by atoms with Crippen LogP contribution in [0, 0.1) is 5.41 Å². The largest absolute Gasteiger partial charge is 0.384 e. The third-order valence-corrected chi connectivity index (χ3v) is 5.16. The minimum atomic E-state index is -0.579. The molecule has 5 aromatic carbocycles. The van der Waals surface area contributed by atoms with Crippen molar-refractivity contribution in [1.29, 1.82) is 5.41 Å². The van der Waals surface area contributed by atoms with Crippen LogP contribution in [0.1, 0.15) is 15.9 Å². The van der Waals surface area contributed by atoms with Crippen LogP contribution >= 0.6 is 0 Å². The summed E-state index contributed by atoms with van der Waals surface area (Å²) in [7, 11) is 0. The van der Waals surface area contributed by atoms with Gasteiger partial charge in [0.05, 0.1) is 5.56 Å². The van der Waals surface area contributed by atoms with Crippen molar-refractivity contribution in [3.05, 3.63) is 71.8 Å². The van der Waals surface area contributed by atoms with Crippen molar-refractivity contribution in [3.8, 4) is 0 Å². The second-order valence-corrected chi connectivity index (χ2v) is 6.56. The molecule has 0 heterocycles. The quantitative estimate of drug-likeness (QED) is 0.196. The van der Waals surface area contributed by atoms with Crippen molar-refractivity contribution in [2.24, 2.45) is 11.5 Å². The fraction of sp³-hybridized carbons (Fsp3) is 0. The third kappa shape index (κ3) is 1.73. The summed E-state index contributed by atoms with van der Waals surface area (Å²) < 4.78 is 0. The van der Waals surface area contributed by atoms with Gasteiger partial charge in [-0.15, -0.1) is 0 Å². The lowest BCUT2D eigenvalue weighted by atomic mass is 9.85. The third-order valence-electron chi connectivity index (χ3n) is 5.16. The van der Waals surface area contributed by atoms with Crippen LogP contribution in [0.2, 0.25) is 0 Å². The van der Waals surface area contributed by atoms with E-state index in [0.29, 0.717) is 5.56 Å². The van der Waals surface area contributed by atoms with Crippen molar-refractivity contribution in [2.75, 3.05) is 0 Å². The number of hydrogen-bond donors (Lipinski definition) is 3. The summed E-state index contributed by atoms with van der Waals surface area (Å²) in [6, 6.07) is 20.1. The Morgan fingerprint density at radius 1 is 0.731 bits per heavy atom. The molecule has 0 saturated heterocycles. The monoisotopic (exact) mass is 337 g/mol. The predicted octanol–water partition coefficient (Wildman–Crippen LogP) is 4.12. The zero-order valence-electron chi connectivity index (χ0n) is 13.8. The lowest BCUT2D eigenvalue weighted by Crippen LogP contribution is -2.21. The number of rotatable bonds is 2. The number of fused-ring (bicyclic) bond motifs is 2. The highest BCUT2D eigenvalue weighted by Crippen LogP contribution is 2.42. The summed E-state index contributed by atoms with van der Waals surface area (Å²) in [6.45, 7) is 0. The summed E-state index contributed by atoms with van der Waals surface area (Å²) in [5.41, 5.74) is 12.2. The highest BCUT2D eigenvalue weighted by atomic mass is 16.1. The number of benzene rings is 5. The van der Waals surface area contributed by atoms with Crippen molar-refractivity contribution < 1.29 is 4.79 Å². The van der Waals surface area contributed by atoms with Gasteiger partial charge in [0.1, 0.15) is 5.84 Å². The number of nitrogens with two attached hydrogens (primary N) is 2. The van der Waals surface area contributed by atoms with E-state index in [4.69, 9.17) is 16.9 Å². The van der Waals surface area contributed by atoms with Crippen LogP contribution in [0.5, 0.6) is 0 Å². The van der Waals surface area contributed by atoms with E-state index in [9.17, 15) is 4.79 Å². The Balaban J connectivity index is 2.26. The molecule has 0 bridgehead atoms. The van der Waals surface area contributed by atoms with Crippen LogP contribution < -0.4 is 11.5 Å². The maximum absolute atomic E-state index is 12.1. The molecule has 4 heteroatoms. The summed E-state index contributed by atoms with van der Waals surface area (Å²) in [5, 5.41) is 16.3. The maximum Gasteiger partial charge on any atom is 0.249 e. The summed E-state index contributed by atoms with van der Waals surface area (Å²) >= 11 is 0. The molecule has 5 aromatic rings. The normalized spacial score (nSPS) is 11.7. The molecule has 4 nitrogen and oxygen atoms in total. The van der Waals surface area contributed by atoms with E-state index >= 15 is 0 Å². The number of carbonyl (C=O) groups excluding carboxylic acids is 1. The molecule has 0 aliphatic carbocycles. The van der Waals surface area contributed by atoms with Crippen LogP contribution in [0.4, 0.5) is 0 Å². The van der Waals surface area contributed by atoms with Gasteiger partial charge in [-0.3, -0.25) is 10.2 Å². The molecule has 0 fully saturated rings. The van der Waals surface area contributed by atoms with Crippen molar-refractivity contribution in [2.45, 2.75) is 0 Å². The van der Waals surface area contributed by atoms with Gasteiger partial charge in [0.25, 0.3) is 0 Å². The number of hydrogen-bond acceptors (Lipinski definition) is 2. The Hall–Kier alpha value is -3.66. The second kappa shape index (κ2) is 4.92. The van der Waals surface area contributed by atoms with E-state index in [1.807, 2.05) is 24.3 Å². The molecule has 0 spiro atoms. The molecule has 0 saturated carbocycles. The van der Waals surface area contributed by atoms with Crippen molar-refractivity contribution >= 4 is 54.8 Å². The first kappa shape index (κ1) is 14.7. The van der Waals surface area contributed by atoms with Crippen LogP contribution in [0.15, 0.2) is 60.7 Å². The Morgan fingerprint density at radius 3 is 1.92 bits per heavy atom. The van der Waals surface area contributed by atoms with Crippen LogP contribution in [0.25, 0.3) is 43.1 Å². The Bertz CT molecular complexity index is 1380. The molecule has 5 rings (SSSR count). The summed E-state index contributed by atoms with van der Waals surface area (Å²) in [5.74, 6) is -0.730. The predicted molar refractivity (Wildman–Crippen MR) is 107 cm³/mol. The Kier molecular flexibility index (Phi) is 2.78. The minimum absolute atomic E-state index is 0.151. The molecule has 26 heavy (non-hydrogen) atoms. The van der Waals surface area contributed by atoms with Gasteiger partial charge >= 0.3 is 0 Å².